The maximum atomic E-state index is 10.6. The highest BCUT2D eigenvalue weighted by molar-refractivity contribution is 5.75. The highest BCUT2D eigenvalue weighted by Crippen LogP contribution is 2.27. The average Bonchev–Trinajstić information content (AvgIpc) is 2.67. The minimum Gasteiger partial charge on any atom is -0.506 e. The fourth-order valence-electron chi connectivity index (χ4n) is 2.62. The summed E-state index contributed by atoms with van der Waals surface area (Å²) in [5.41, 5.74) is 1.48. The van der Waals surface area contributed by atoms with Gasteiger partial charge in [-0.1, -0.05) is 18.2 Å². The van der Waals surface area contributed by atoms with Crippen LogP contribution in [0.5, 0.6) is 11.5 Å². The highest BCUT2D eigenvalue weighted by atomic mass is 16.5. The first-order chi connectivity index (χ1) is 13.7. The number of nitrogens with one attached hydrogen (secondary N) is 1. The summed E-state index contributed by atoms with van der Waals surface area (Å²) in [6.07, 6.45) is -0.235. The molecule has 0 aliphatic heterocycles. The summed E-state index contributed by atoms with van der Waals surface area (Å²) in [5, 5.41) is 22.7. The second-order valence-electron chi connectivity index (χ2n) is 6.11. The molecular formula is C20H26N2O4. The van der Waals surface area contributed by atoms with Crippen molar-refractivity contribution in [2.75, 3.05) is 25.9 Å². The standard InChI is InChI=1S/C20H26N2O4/c1-14(10-15-4-7-17(26-3)8-5-15)22(2)12-20(25)16-6-9-19(24)18(11-16)21-13-23/h4-9,11,13-14,20,24-25H,10,12H2,1-3H3,(H,21,23)/i2D3. The lowest BCUT2D eigenvalue weighted by Gasteiger charge is -2.27. The normalized spacial score (nSPS) is 15.5. The van der Waals surface area contributed by atoms with Gasteiger partial charge in [0.15, 0.2) is 0 Å². The molecule has 140 valence electrons. The van der Waals surface area contributed by atoms with E-state index in [9.17, 15) is 15.0 Å². The minimum absolute atomic E-state index is 0.140. The Balaban J connectivity index is 2.17. The molecule has 26 heavy (non-hydrogen) atoms. The third-order valence-electron chi connectivity index (χ3n) is 4.21. The number of anilines is 1. The lowest BCUT2D eigenvalue weighted by molar-refractivity contribution is -0.105. The number of carbonyl (C=O) groups excluding carboxylic acids is 1. The van der Waals surface area contributed by atoms with Crippen LogP contribution in [0.4, 0.5) is 5.69 Å². The first-order valence-electron chi connectivity index (χ1n) is 9.76. The minimum atomic E-state index is -2.41. The molecule has 0 aliphatic rings. The lowest BCUT2D eigenvalue weighted by Crippen LogP contribution is -2.34. The number of aliphatic hydroxyl groups excluding tert-OH is 1. The molecule has 3 N–H and O–H groups in total. The van der Waals surface area contributed by atoms with Gasteiger partial charge in [-0.25, -0.2) is 0 Å². The van der Waals surface area contributed by atoms with Crippen LogP contribution in [0.15, 0.2) is 42.5 Å². The number of aromatic hydroxyl groups is 1. The molecule has 0 spiro atoms. The number of rotatable bonds is 9. The average molecular weight is 361 g/mol. The van der Waals surface area contributed by atoms with Crippen molar-refractivity contribution in [3.05, 3.63) is 53.6 Å². The van der Waals surface area contributed by atoms with Crippen LogP contribution in [0, 0.1) is 0 Å². The third-order valence-corrected chi connectivity index (χ3v) is 4.21. The van der Waals surface area contributed by atoms with Crippen LogP contribution in [0.2, 0.25) is 0 Å². The van der Waals surface area contributed by atoms with E-state index in [1.165, 1.54) is 23.1 Å². The van der Waals surface area contributed by atoms with E-state index in [0.717, 1.165) is 11.3 Å². The fourth-order valence-corrected chi connectivity index (χ4v) is 2.62. The number of phenols is 1. The number of likely N-dealkylation sites (N-methyl/N-ethyl adjacent to an activating group) is 1. The monoisotopic (exact) mass is 361 g/mol. The predicted octanol–water partition coefficient (Wildman–Crippen LogP) is 2.57. The Kier molecular flexibility index (Phi) is 5.55. The van der Waals surface area contributed by atoms with E-state index in [4.69, 9.17) is 8.85 Å². The smallest absolute Gasteiger partial charge is 0.211 e. The summed E-state index contributed by atoms with van der Waals surface area (Å²) < 4.78 is 28.8. The number of benzene rings is 2. The number of methoxy groups -OCH3 is 1. The summed E-state index contributed by atoms with van der Waals surface area (Å²) in [6, 6.07) is 11.2. The lowest BCUT2D eigenvalue weighted by atomic mass is 10.0. The zero-order valence-corrected chi connectivity index (χ0v) is 14.8. The number of carbonyl (C=O) groups is 1. The predicted molar refractivity (Wildman–Crippen MR) is 102 cm³/mol. The van der Waals surface area contributed by atoms with Gasteiger partial charge in [-0.3, -0.25) is 4.79 Å². The Morgan fingerprint density at radius 1 is 1.31 bits per heavy atom. The molecule has 0 radical (unpaired) electrons. The summed E-state index contributed by atoms with van der Waals surface area (Å²) in [5.74, 6) is 0.574. The number of amides is 1. The summed E-state index contributed by atoms with van der Waals surface area (Å²) in [4.78, 5) is 11.9. The molecule has 0 aromatic heterocycles. The number of hydrogen-bond donors (Lipinski definition) is 3. The Hall–Kier alpha value is -2.57. The van der Waals surface area contributed by atoms with Gasteiger partial charge in [0.25, 0.3) is 0 Å². The summed E-state index contributed by atoms with van der Waals surface area (Å²) in [6.45, 7) is -0.758. The van der Waals surface area contributed by atoms with Gasteiger partial charge in [0.2, 0.25) is 6.41 Å². The van der Waals surface area contributed by atoms with Crippen LogP contribution in [-0.4, -0.2) is 48.2 Å². The van der Waals surface area contributed by atoms with Gasteiger partial charge in [-0.05, 0) is 55.7 Å². The molecular weight excluding hydrogens is 332 g/mol. The van der Waals surface area contributed by atoms with Crippen molar-refractivity contribution in [3.63, 3.8) is 0 Å². The molecule has 6 heteroatoms. The van der Waals surface area contributed by atoms with Crippen LogP contribution in [0.25, 0.3) is 0 Å². The quantitative estimate of drug-likeness (QED) is 0.472. The number of aliphatic hydroxyl groups is 1. The molecule has 0 bridgehead atoms. The summed E-state index contributed by atoms with van der Waals surface area (Å²) >= 11 is 0. The molecule has 0 heterocycles. The zero-order valence-electron chi connectivity index (χ0n) is 17.8. The number of hydrogen-bond acceptors (Lipinski definition) is 5. The van der Waals surface area contributed by atoms with Crippen molar-refractivity contribution in [1.82, 2.24) is 4.90 Å². The van der Waals surface area contributed by atoms with E-state index in [1.807, 2.05) is 24.3 Å². The molecule has 2 rings (SSSR count). The topological polar surface area (TPSA) is 82.0 Å². The maximum Gasteiger partial charge on any atom is 0.211 e. The first kappa shape index (κ1) is 15.7. The number of nitrogens with zero attached hydrogens (tertiary/aromatic N) is 1. The molecule has 1 amide bonds. The van der Waals surface area contributed by atoms with Crippen molar-refractivity contribution in [3.8, 4) is 11.5 Å². The highest BCUT2D eigenvalue weighted by Gasteiger charge is 2.17. The van der Waals surface area contributed by atoms with E-state index >= 15 is 0 Å². The van der Waals surface area contributed by atoms with Gasteiger partial charge in [0, 0.05) is 16.7 Å². The van der Waals surface area contributed by atoms with Crippen LogP contribution < -0.4 is 10.1 Å². The van der Waals surface area contributed by atoms with Crippen LogP contribution in [0.1, 0.15) is 28.3 Å². The molecule has 0 saturated heterocycles. The summed E-state index contributed by atoms with van der Waals surface area (Å²) in [7, 11) is 1.58. The van der Waals surface area contributed by atoms with Crippen molar-refractivity contribution < 1.29 is 23.9 Å². The van der Waals surface area contributed by atoms with Crippen LogP contribution in [0.3, 0.4) is 0 Å². The van der Waals surface area contributed by atoms with Crippen LogP contribution in [-0.2, 0) is 11.2 Å². The molecule has 2 atom stereocenters. The van der Waals surface area contributed by atoms with Crippen molar-refractivity contribution in [2.24, 2.45) is 0 Å². The first-order valence-corrected chi connectivity index (χ1v) is 8.26. The molecule has 2 unspecified atom stereocenters. The second-order valence-corrected chi connectivity index (χ2v) is 6.11. The van der Waals surface area contributed by atoms with Gasteiger partial charge >= 0.3 is 0 Å². The number of phenolic OH excluding ortho intramolecular Hbond substituents is 1. The van der Waals surface area contributed by atoms with Crippen molar-refractivity contribution in [2.45, 2.75) is 25.5 Å². The SMILES string of the molecule is [2H]C([2H])([2H])N(CC(O)c1ccc(O)c(NC=O)c1)C(C)Cc1ccc(OC)cc1. The Morgan fingerprint density at radius 2 is 2.04 bits per heavy atom. The molecule has 6 nitrogen and oxygen atoms in total. The molecule has 0 saturated carbocycles. The second kappa shape index (κ2) is 9.22. The fraction of sp³-hybridized carbons (Fsp3) is 0.350. The molecule has 2 aromatic rings. The third kappa shape index (κ3) is 5.21. The zero-order chi connectivity index (χ0) is 21.6. The van der Waals surface area contributed by atoms with Gasteiger partial charge in [-0.15, -0.1) is 0 Å². The van der Waals surface area contributed by atoms with Gasteiger partial charge in [0.05, 0.1) is 18.9 Å². The van der Waals surface area contributed by atoms with Crippen LogP contribution >= 0.6 is 0 Å². The largest absolute Gasteiger partial charge is 0.506 e. The van der Waals surface area contributed by atoms with E-state index in [1.54, 1.807) is 14.0 Å². The Morgan fingerprint density at radius 3 is 2.65 bits per heavy atom. The molecule has 0 aliphatic carbocycles. The van der Waals surface area contributed by atoms with Gasteiger partial charge in [0.1, 0.15) is 11.5 Å². The Labute approximate surface area is 158 Å². The van der Waals surface area contributed by atoms with Gasteiger partial charge < -0.3 is 25.2 Å². The van der Waals surface area contributed by atoms with Crippen molar-refractivity contribution in [1.29, 1.82) is 0 Å². The van der Waals surface area contributed by atoms with Crippen molar-refractivity contribution >= 4 is 12.1 Å². The number of ether oxygens (including phenoxy) is 1. The van der Waals surface area contributed by atoms with E-state index in [0.29, 0.717) is 18.4 Å². The Bertz CT molecular complexity index is 812. The maximum absolute atomic E-state index is 10.6. The van der Waals surface area contributed by atoms with Gasteiger partial charge in [-0.2, -0.15) is 0 Å². The van der Waals surface area contributed by atoms with E-state index in [-0.39, 0.29) is 24.0 Å². The van der Waals surface area contributed by atoms with E-state index < -0.39 is 13.1 Å². The van der Waals surface area contributed by atoms with E-state index in [2.05, 4.69) is 5.32 Å². The molecule has 0 fully saturated rings. The molecule has 2 aromatic carbocycles.